The molecule has 3 nitrogen and oxygen atoms in total. The van der Waals surface area contributed by atoms with Crippen molar-refractivity contribution in [2.45, 2.75) is 19.4 Å². The van der Waals surface area contributed by atoms with E-state index in [1.54, 1.807) is 0 Å². The summed E-state index contributed by atoms with van der Waals surface area (Å²) in [7, 11) is 3.79. The first-order chi connectivity index (χ1) is 7.41. The maximum Gasteiger partial charge on any atom is 0.305 e. The third-order valence-electron chi connectivity index (χ3n) is 2.56. The Kier molecular flexibility index (Phi) is 4.50. The van der Waals surface area contributed by atoms with Gasteiger partial charge in [0.05, 0.1) is 6.42 Å². The Morgan fingerprint density at radius 3 is 2.56 bits per heavy atom. The zero-order valence-corrected chi connectivity index (χ0v) is 11.3. The Hall–Kier alpha value is -0.870. The highest BCUT2D eigenvalue weighted by atomic mass is 79.9. The van der Waals surface area contributed by atoms with Gasteiger partial charge >= 0.3 is 5.97 Å². The second-order valence-electron chi connectivity index (χ2n) is 4.09. The summed E-state index contributed by atoms with van der Waals surface area (Å²) in [5.74, 6) is -0.778. The Morgan fingerprint density at radius 1 is 1.50 bits per heavy atom. The van der Waals surface area contributed by atoms with Crippen molar-refractivity contribution in [1.29, 1.82) is 0 Å². The van der Waals surface area contributed by atoms with Crippen LogP contribution in [0.4, 0.5) is 0 Å². The Morgan fingerprint density at radius 2 is 2.12 bits per heavy atom. The largest absolute Gasteiger partial charge is 0.481 e. The summed E-state index contributed by atoms with van der Waals surface area (Å²) in [6, 6.07) is 5.87. The van der Waals surface area contributed by atoms with Gasteiger partial charge in [0.2, 0.25) is 0 Å². The number of halogens is 1. The lowest BCUT2D eigenvalue weighted by Crippen LogP contribution is -2.22. The highest BCUT2D eigenvalue weighted by Gasteiger charge is 2.18. The summed E-state index contributed by atoms with van der Waals surface area (Å²) in [5.41, 5.74) is 2.16. The van der Waals surface area contributed by atoms with Gasteiger partial charge in [0, 0.05) is 10.5 Å². The molecular formula is C12H16BrNO2. The normalized spacial score (nSPS) is 12.8. The fraction of sp³-hybridized carbons (Fsp3) is 0.417. The molecule has 0 fully saturated rings. The predicted octanol–water partition coefficient (Wildman–Crippen LogP) is 2.83. The van der Waals surface area contributed by atoms with Crippen molar-refractivity contribution in [3.05, 3.63) is 33.8 Å². The zero-order valence-electron chi connectivity index (χ0n) is 9.70. The topological polar surface area (TPSA) is 40.5 Å². The molecule has 0 aromatic heterocycles. The Labute approximate surface area is 104 Å². The first kappa shape index (κ1) is 13.2. The van der Waals surface area contributed by atoms with E-state index < -0.39 is 5.97 Å². The molecule has 0 saturated heterocycles. The van der Waals surface area contributed by atoms with Crippen LogP contribution in [0.5, 0.6) is 0 Å². The molecule has 1 aromatic carbocycles. The fourth-order valence-corrected chi connectivity index (χ4v) is 1.89. The average Bonchev–Trinajstić information content (AvgIpc) is 2.18. The van der Waals surface area contributed by atoms with E-state index in [-0.39, 0.29) is 12.5 Å². The predicted molar refractivity (Wildman–Crippen MR) is 67.6 cm³/mol. The van der Waals surface area contributed by atoms with Crippen LogP contribution in [0.1, 0.15) is 23.6 Å². The van der Waals surface area contributed by atoms with Crippen molar-refractivity contribution >= 4 is 21.9 Å². The summed E-state index contributed by atoms with van der Waals surface area (Å²) in [6.07, 6.45) is 0.119. The Bertz CT molecular complexity index is 391. The standard InChI is InChI=1S/C12H16BrNO2/c1-8-6-9(4-5-10(8)13)11(14(2)3)7-12(15)16/h4-6,11H,7H2,1-3H3,(H,15,16). The maximum absolute atomic E-state index is 10.8. The van der Waals surface area contributed by atoms with Crippen molar-refractivity contribution in [2.75, 3.05) is 14.1 Å². The van der Waals surface area contributed by atoms with Gasteiger partial charge in [0.25, 0.3) is 0 Å². The molecule has 88 valence electrons. The molecular weight excluding hydrogens is 270 g/mol. The van der Waals surface area contributed by atoms with Crippen LogP contribution >= 0.6 is 15.9 Å². The zero-order chi connectivity index (χ0) is 12.3. The van der Waals surface area contributed by atoms with Gasteiger partial charge in [-0.05, 0) is 38.2 Å². The first-order valence-electron chi connectivity index (χ1n) is 5.06. The molecule has 0 aliphatic rings. The monoisotopic (exact) mass is 285 g/mol. The summed E-state index contributed by atoms with van der Waals surface area (Å²) < 4.78 is 1.05. The summed E-state index contributed by atoms with van der Waals surface area (Å²) in [5, 5.41) is 8.88. The summed E-state index contributed by atoms with van der Waals surface area (Å²) in [6.45, 7) is 2.00. The molecule has 1 N–H and O–H groups in total. The van der Waals surface area contributed by atoms with E-state index in [4.69, 9.17) is 5.11 Å². The van der Waals surface area contributed by atoms with Crippen molar-refractivity contribution in [1.82, 2.24) is 4.90 Å². The van der Waals surface area contributed by atoms with Gasteiger partial charge in [-0.25, -0.2) is 0 Å². The number of carboxylic acids is 1. The van der Waals surface area contributed by atoms with Crippen molar-refractivity contribution in [3.8, 4) is 0 Å². The van der Waals surface area contributed by atoms with Gasteiger partial charge in [-0.3, -0.25) is 4.79 Å². The average molecular weight is 286 g/mol. The minimum Gasteiger partial charge on any atom is -0.481 e. The van der Waals surface area contributed by atoms with Gasteiger partial charge in [-0.2, -0.15) is 0 Å². The minimum atomic E-state index is -0.778. The van der Waals surface area contributed by atoms with Crippen molar-refractivity contribution in [2.24, 2.45) is 0 Å². The Balaban J connectivity index is 3.01. The lowest BCUT2D eigenvalue weighted by Gasteiger charge is -2.23. The van der Waals surface area contributed by atoms with Crippen molar-refractivity contribution in [3.63, 3.8) is 0 Å². The van der Waals surface area contributed by atoms with Crippen LogP contribution in [0.3, 0.4) is 0 Å². The number of aryl methyl sites for hydroxylation is 1. The van der Waals surface area contributed by atoms with Gasteiger partial charge in [-0.1, -0.05) is 28.1 Å². The van der Waals surface area contributed by atoms with Gasteiger partial charge < -0.3 is 10.0 Å². The number of aliphatic carboxylic acids is 1. The second-order valence-corrected chi connectivity index (χ2v) is 4.94. The molecule has 0 bridgehead atoms. The lowest BCUT2D eigenvalue weighted by atomic mass is 10.0. The number of hydrogen-bond acceptors (Lipinski definition) is 2. The second kappa shape index (κ2) is 5.46. The molecule has 1 unspecified atom stereocenters. The molecule has 0 heterocycles. The molecule has 0 spiro atoms. The SMILES string of the molecule is Cc1cc(C(CC(=O)O)N(C)C)ccc1Br. The number of carboxylic acid groups (broad SMARTS) is 1. The maximum atomic E-state index is 10.8. The third-order valence-corrected chi connectivity index (χ3v) is 3.45. The van der Waals surface area contributed by atoms with Gasteiger partial charge in [-0.15, -0.1) is 0 Å². The first-order valence-corrected chi connectivity index (χ1v) is 5.85. The molecule has 0 radical (unpaired) electrons. The number of carbonyl (C=O) groups is 1. The third kappa shape index (κ3) is 3.32. The smallest absolute Gasteiger partial charge is 0.305 e. The quantitative estimate of drug-likeness (QED) is 0.925. The molecule has 16 heavy (non-hydrogen) atoms. The van der Waals surface area contributed by atoms with Crippen LogP contribution in [0.15, 0.2) is 22.7 Å². The lowest BCUT2D eigenvalue weighted by molar-refractivity contribution is -0.138. The van der Waals surface area contributed by atoms with E-state index in [9.17, 15) is 4.79 Å². The summed E-state index contributed by atoms with van der Waals surface area (Å²) in [4.78, 5) is 12.7. The molecule has 0 aliphatic heterocycles. The molecule has 1 atom stereocenters. The van der Waals surface area contributed by atoms with E-state index >= 15 is 0 Å². The van der Waals surface area contributed by atoms with Crippen molar-refractivity contribution < 1.29 is 9.90 Å². The highest BCUT2D eigenvalue weighted by Crippen LogP contribution is 2.26. The van der Waals surface area contributed by atoms with Crippen LogP contribution in [0.2, 0.25) is 0 Å². The fourth-order valence-electron chi connectivity index (χ4n) is 1.64. The number of hydrogen-bond donors (Lipinski definition) is 1. The van der Waals surface area contributed by atoms with Crippen LogP contribution in [-0.2, 0) is 4.79 Å². The number of benzene rings is 1. The van der Waals surface area contributed by atoms with E-state index in [1.165, 1.54) is 0 Å². The molecule has 0 saturated carbocycles. The van der Waals surface area contributed by atoms with Gasteiger partial charge in [0.1, 0.15) is 0 Å². The van der Waals surface area contributed by atoms with Crippen LogP contribution < -0.4 is 0 Å². The van der Waals surface area contributed by atoms with Crippen LogP contribution in [-0.4, -0.2) is 30.1 Å². The van der Waals surface area contributed by atoms with Gasteiger partial charge in [0.15, 0.2) is 0 Å². The molecule has 4 heteroatoms. The molecule has 0 amide bonds. The summed E-state index contributed by atoms with van der Waals surface area (Å²) >= 11 is 3.44. The van der Waals surface area contributed by atoms with E-state index in [0.717, 1.165) is 15.6 Å². The van der Waals surface area contributed by atoms with E-state index in [2.05, 4.69) is 15.9 Å². The number of rotatable bonds is 4. The van der Waals surface area contributed by atoms with Crippen LogP contribution in [0, 0.1) is 6.92 Å². The van der Waals surface area contributed by atoms with E-state index in [0.29, 0.717) is 0 Å². The minimum absolute atomic E-state index is 0.0794. The molecule has 1 rings (SSSR count). The molecule has 1 aromatic rings. The highest BCUT2D eigenvalue weighted by molar-refractivity contribution is 9.10. The molecule has 0 aliphatic carbocycles. The number of nitrogens with zero attached hydrogens (tertiary/aromatic N) is 1. The van der Waals surface area contributed by atoms with Crippen LogP contribution in [0.25, 0.3) is 0 Å². The van der Waals surface area contributed by atoms with E-state index in [1.807, 2.05) is 44.1 Å².